The number of halogens is 1. The Morgan fingerprint density at radius 1 is 1.44 bits per heavy atom. The van der Waals surface area contributed by atoms with E-state index in [1.54, 1.807) is 19.2 Å². The van der Waals surface area contributed by atoms with Gasteiger partial charge in [0.05, 0.1) is 12.4 Å². The molecule has 0 fully saturated rings. The second-order valence-corrected chi connectivity index (χ2v) is 3.65. The fourth-order valence-electron chi connectivity index (χ4n) is 1.35. The van der Waals surface area contributed by atoms with Crippen LogP contribution in [-0.2, 0) is 5.33 Å². The second-order valence-electron chi connectivity index (χ2n) is 3.09. The molecule has 6 heteroatoms. The number of rotatable bonds is 3. The van der Waals surface area contributed by atoms with Crippen LogP contribution in [0.15, 0.2) is 28.9 Å². The van der Waals surface area contributed by atoms with E-state index in [1.165, 1.54) is 0 Å². The first kappa shape index (κ1) is 10.9. The van der Waals surface area contributed by atoms with Crippen LogP contribution < -0.4 is 9.64 Å². The van der Waals surface area contributed by atoms with Gasteiger partial charge in [-0.2, -0.15) is 0 Å². The van der Waals surface area contributed by atoms with Crippen LogP contribution in [0.5, 0.6) is 5.75 Å². The average molecular weight is 285 g/mol. The predicted molar refractivity (Wildman–Crippen MR) is 60.1 cm³/mol. The van der Waals surface area contributed by atoms with Crippen molar-refractivity contribution in [2.45, 2.75) is 5.33 Å². The molecular weight excluding hydrogens is 276 g/mol. The minimum atomic E-state index is 0.390. The summed E-state index contributed by atoms with van der Waals surface area (Å²) in [7, 11) is 1.60. The molecule has 0 atom stereocenters. The summed E-state index contributed by atoms with van der Waals surface area (Å²) in [5.41, 5.74) is 1.80. The summed E-state index contributed by atoms with van der Waals surface area (Å²) >= 11 is 3.22. The first-order chi connectivity index (χ1) is 7.76. The molecule has 2 aromatic rings. The van der Waals surface area contributed by atoms with Gasteiger partial charge in [0, 0.05) is 10.7 Å². The first-order valence-corrected chi connectivity index (χ1v) is 5.67. The molecule has 0 amide bonds. The van der Waals surface area contributed by atoms with Crippen LogP contribution in [0.25, 0.3) is 11.3 Å². The largest absolute Gasteiger partial charge is 0.497 e. The molecule has 84 valence electrons. The maximum absolute atomic E-state index is 11.2. The molecule has 1 heterocycles. The van der Waals surface area contributed by atoms with Crippen molar-refractivity contribution in [2.75, 3.05) is 7.11 Å². The lowest BCUT2D eigenvalue weighted by Gasteiger charge is -1.99. The molecule has 0 unspecified atom stereocenters. The van der Waals surface area contributed by atoms with Crippen LogP contribution >= 0.6 is 15.9 Å². The number of nitrogens with zero attached hydrogens (tertiary/aromatic N) is 2. The van der Waals surface area contributed by atoms with Crippen molar-refractivity contribution in [1.29, 1.82) is 0 Å². The van der Waals surface area contributed by atoms with Gasteiger partial charge in [-0.15, -0.1) is 0 Å². The number of hydrogen-bond acceptors (Lipinski definition) is 4. The molecule has 0 saturated carbocycles. The monoisotopic (exact) mass is 284 g/mol. The Bertz CT molecular complexity index is 481. The van der Waals surface area contributed by atoms with E-state index >= 15 is 0 Å². The smallest absolute Gasteiger partial charge is 0.252 e. The van der Waals surface area contributed by atoms with Crippen LogP contribution in [0.1, 0.15) is 5.69 Å². The van der Waals surface area contributed by atoms with Gasteiger partial charge in [0.25, 0.3) is 5.69 Å². The molecule has 0 N–H and O–H groups in total. The Labute approximate surface area is 100 Å². The standard InChI is InChI=1S/C10H9BrN2O3/c1-15-8-4-2-7(3-5-8)10-9(6-11)13(14)16-12-10/h2-5H,6H2,1H3. The van der Waals surface area contributed by atoms with Crippen molar-refractivity contribution in [1.82, 2.24) is 5.16 Å². The Morgan fingerprint density at radius 2 is 2.12 bits per heavy atom. The molecule has 0 bridgehead atoms. The first-order valence-electron chi connectivity index (χ1n) is 4.55. The van der Waals surface area contributed by atoms with Crippen LogP contribution in [0.4, 0.5) is 0 Å². The topological polar surface area (TPSA) is 62.2 Å². The molecule has 16 heavy (non-hydrogen) atoms. The zero-order valence-electron chi connectivity index (χ0n) is 8.51. The minimum Gasteiger partial charge on any atom is -0.497 e. The average Bonchev–Trinajstić information content (AvgIpc) is 2.70. The molecule has 1 aromatic carbocycles. The Kier molecular flexibility index (Phi) is 3.09. The summed E-state index contributed by atoms with van der Waals surface area (Å²) < 4.78 is 9.59. The highest BCUT2D eigenvalue weighted by Crippen LogP contribution is 2.23. The third-order valence-corrected chi connectivity index (χ3v) is 2.72. The van der Waals surface area contributed by atoms with Crippen molar-refractivity contribution < 1.29 is 14.3 Å². The summed E-state index contributed by atoms with van der Waals surface area (Å²) in [6.45, 7) is 0. The van der Waals surface area contributed by atoms with Crippen molar-refractivity contribution >= 4 is 15.9 Å². The number of methoxy groups -OCH3 is 1. The molecular formula is C10H9BrN2O3. The summed E-state index contributed by atoms with van der Waals surface area (Å²) in [6.07, 6.45) is 0. The van der Waals surface area contributed by atoms with Crippen molar-refractivity contribution in [3.8, 4) is 17.0 Å². The molecule has 0 aliphatic heterocycles. The molecule has 2 rings (SSSR count). The Hall–Kier alpha value is -1.56. The lowest BCUT2D eigenvalue weighted by molar-refractivity contribution is -0.807. The van der Waals surface area contributed by atoms with E-state index in [4.69, 9.17) is 4.74 Å². The van der Waals surface area contributed by atoms with Gasteiger partial charge < -0.3 is 9.94 Å². The van der Waals surface area contributed by atoms with E-state index in [9.17, 15) is 5.21 Å². The Balaban J connectivity index is 2.42. The minimum absolute atomic E-state index is 0.390. The van der Waals surface area contributed by atoms with Gasteiger partial charge in [-0.3, -0.25) is 4.63 Å². The van der Waals surface area contributed by atoms with E-state index in [0.717, 1.165) is 11.3 Å². The van der Waals surface area contributed by atoms with Gasteiger partial charge in [-0.25, -0.2) is 0 Å². The fraction of sp³-hybridized carbons (Fsp3) is 0.200. The zero-order valence-corrected chi connectivity index (χ0v) is 10.1. The zero-order chi connectivity index (χ0) is 11.5. The SMILES string of the molecule is COc1ccc(-c2no[n+]([O-])c2CBr)cc1. The summed E-state index contributed by atoms with van der Waals surface area (Å²) in [5.74, 6) is 0.752. The van der Waals surface area contributed by atoms with E-state index in [-0.39, 0.29) is 0 Å². The van der Waals surface area contributed by atoms with Gasteiger partial charge in [-0.05, 0) is 29.2 Å². The van der Waals surface area contributed by atoms with Gasteiger partial charge in [-0.1, -0.05) is 15.9 Å². The predicted octanol–water partition coefficient (Wildman–Crippen LogP) is 1.88. The number of alkyl halides is 1. The van der Waals surface area contributed by atoms with Gasteiger partial charge in [0.15, 0.2) is 0 Å². The third kappa shape index (κ3) is 1.88. The summed E-state index contributed by atoms with van der Waals surface area (Å²) in [6, 6.07) is 7.25. The lowest BCUT2D eigenvalue weighted by Crippen LogP contribution is -2.27. The molecule has 0 aliphatic rings. The maximum Gasteiger partial charge on any atom is 0.252 e. The third-order valence-electron chi connectivity index (χ3n) is 2.19. The maximum atomic E-state index is 11.2. The highest BCUT2D eigenvalue weighted by Gasteiger charge is 2.19. The van der Waals surface area contributed by atoms with Crippen LogP contribution in [0.2, 0.25) is 0 Å². The van der Waals surface area contributed by atoms with Crippen molar-refractivity contribution in [3.63, 3.8) is 0 Å². The van der Waals surface area contributed by atoms with Crippen LogP contribution in [0, 0.1) is 5.21 Å². The summed E-state index contributed by atoms with van der Waals surface area (Å²) in [4.78, 5) is 0.397. The Morgan fingerprint density at radius 3 is 2.69 bits per heavy atom. The number of benzene rings is 1. The van der Waals surface area contributed by atoms with E-state index in [2.05, 4.69) is 25.7 Å². The van der Waals surface area contributed by atoms with Crippen LogP contribution in [-0.4, -0.2) is 12.3 Å². The number of hydrogen-bond donors (Lipinski definition) is 0. The van der Waals surface area contributed by atoms with Gasteiger partial charge in [0.1, 0.15) is 5.75 Å². The highest BCUT2D eigenvalue weighted by molar-refractivity contribution is 9.08. The molecule has 5 nitrogen and oxygen atoms in total. The number of aromatic nitrogens is 2. The van der Waals surface area contributed by atoms with Crippen molar-refractivity contribution in [2.24, 2.45) is 0 Å². The van der Waals surface area contributed by atoms with Crippen molar-refractivity contribution in [3.05, 3.63) is 35.2 Å². The molecule has 0 spiro atoms. The molecule has 0 radical (unpaired) electrons. The molecule has 0 aliphatic carbocycles. The highest BCUT2D eigenvalue weighted by atomic mass is 79.9. The van der Waals surface area contributed by atoms with Crippen LogP contribution in [0.3, 0.4) is 0 Å². The fourth-order valence-corrected chi connectivity index (χ4v) is 1.82. The van der Waals surface area contributed by atoms with E-state index in [0.29, 0.717) is 21.6 Å². The van der Waals surface area contributed by atoms with Gasteiger partial charge >= 0.3 is 0 Å². The lowest BCUT2D eigenvalue weighted by atomic mass is 10.1. The quantitative estimate of drug-likeness (QED) is 0.638. The molecule has 0 saturated heterocycles. The normalized spacial score (nSPS) is 10.4. The molecule has 1 aromatic heterocycles. The summed E-state index contributed by atoms with van der Waals surface area (Å²) in [5, 5.41) is 15.3. The number of ether oxygens (including phenoxy) is 1. The van der Waals surface area contributed by atoms with E-state index in [1.807, 2.05) is 12.1 Å². The second kappa shape index (κ2) is 4.52. The van der Waals surface area contributed by atoms with E-state index < -0.39 is 0 Å². The van der Waals surface area contributed by atoms with Gasteiger partial charge in [0.2, 0.25) is 5.69 Å².